The van der Waals surface area contributed by atoms with Crippen LogP contribution < -0.4 is 22.6 Å². The first-order valence-corrected chi connectivity index (χ1v) is 22.0. The van der Waals surface area contributed by atoms with Crippen LogP contribution in [0.5, 0.6) is 0 Å². The van der Waals surface area contributed by atoms with Crippen LogP contribution >= 0.6 is 15.6 Å². The summed E-state index contributed by atoms with van der Waals surface area (Å²) in [5.74, 6) is -1.52. The Labute approximate surface area is 356 Å². The zero-order valence-corrected chi connectivity index (χ0v) is 34.9. The number of rotatable bonds is 6. The SMILES string of the molecule is CC(=O)c1cccc(-c2nc3c(=O)[nH]c(N)nc3n2[C@@H]2O[C@@H]3COP(=O)(O)OC4[C@@H](COP(=O)(O)OC3[C@@H]2O)O[C@@H](n2c(-c3cccc(C(C)=O)c3)nc3c(=O)[nH]c(N)nc32)[C@H]4O)c1. The maximum absolute atomic E-state index is 13.7. The monoisotopic (exact) mass is 926 g/mol. The maximum Gasteiger partial charge on any atom is 0.472 e. The molecule has 0 spiro atoms. The minimum absolute atomic E-state index is 0.0834. The van der Waals surface area contributed by atoms with Crippen molar-refractivity contribution >= 4 is 61.4 Å². The van der Waals surface area contributed by atoms with Crippen molar-refractivity contribution in [2.75, 3.05) is 24.7 Å². The number of nitrogens with zero attached hydrogens (tertiary/aromatic N) is 6. The van der Waals surface area contributed by atoms with Crippen LogP contribution in [0.25, 0.3) is 45.1 Å². The summed E-state index contributed by atoms with van der Waals surface area (Å²) in [6.45, 7) is 0.673. The number of hydrogen-bond acceptors (Lipinski definition) is 20. The lowest BCUT2D eigenvalue weighted by molar-refractivity contribution is -0.0660. The van der Waals surface area contributed by atoms with E-state index >= 15 is 0 Å². The van der Waals surface area contributed by atoms with Crippen LogP contribution in [0.15, 0.2) is 58.1 Å². The van der Waals surface area contributed by atoms with Crippen LogP contribution in [0.4, 0.5) is 11.9 Å². The topological polar surface area (TPSA) is 384 Å². The quantitative estimate of drug-likeness (QED) is 0.0841. The molecule has 4 aromatic heterocycles. The van der Waals surface area contributed by atoms with Gasteiger partial charge in [-0.3, -0.25) is 56.4 Å². The molecule has 10 atom stereocenters. The van der Waals surface area contributed by atoms with E-state index in [1.165, 1.54) is 62.4 Å². The number of nitrogens with two attached hydrogens (primary N) is 2. The van der Waals surface area contributed by atoms with Gasteiger partial charge in [0.25, 0.3) is 11.1 Å². The van der Waals surface area contributed by atoms with Crippen LogP contribution in [0, 0.1) is 0 Å². The van der Waals surface area contributed by atoms with Crippen molar-refractivity contribution in [3.05, 3.63) is 80.4 Å². The number of aromatic amines is 2. The number of imidazole rings is 2. The van der Waals surface area contributed by atoms with Gasteiger partial charge in [-0.05, 0) is 26.0 Å². The number of hydrogen-bond donors (Lipinski definition) is 8. The van der Waals surface area contributed by atoms with Gasteiger partial charge in [-0.2, -0.15) is 9.97 Å². The van der Waals surface area contributed by atoms with Crippen LogP contribution in [0.2, 0.25) is 0 Å². The molecule has 0 saturated carbocycles. The Bertz CT molecular complexity index is 2910. The number of nitrogen functional groups attached to an aromatic ring is 2. The van der Waals surface area contributed by atoms with Gasteiger partial charge in [-0.25, -0.2) is 19.1 Å². The summed E-state index contributed by atoms with van der Waals surface area (Å²) in [4.78, 5) is 94.6. The van der Waals surface area contributed by atoms with E-state index in [-0.39, 0.29) is 79.7 Å². The number of benzene rings is 2. The molecule has 0 aliphatic carbocycles. The number of anilines is 2. The highest BCUT2D eigenvalue weighted by Crippen LogP contribution is 2.54. The molecule has 28 heteroatoms. The summed E-state index contributed by atoms with van der Waals surface area (Å²) < 4.78 is 63.5. The van der Waals surface area contributed by atoms with E-state index < -0.39 is 89.1 Å². The molecule has 3 fully saturated rings. The molecule has 3 saturated heterocycles. The minimum atomic E-state index is -5.33. The van der Waals surface area contributed by atoms with Crippen molar-refractivity contribution in [2.45, 2.75) is 62.9 Å². The van der Waals surface area contributed by atoms with Gasteiger partial charge < -0.3 is 40.9 Å². The van der Waals surface area contributed by atoms with Crippen molar-refractivity contribution < 1.29 is 66.3 Å². The predicted molar refractivity (Wildman–Crippen MR) is 217 cm³/mol. The number of aromatic nitrogens is 8. The molecule has 7 heterocycles. The number of phosphoric acid groups is 2. The Balaban J connectivity index is 1.07. The fourth-order valence-corrected chi connectivity index (χ4v) is 9.67. The molecule has 26 nitrogen and oxygen atoms in total. The van der Waals surface area contributed by atoms with Crippen molar-refractivity contribution in [1.29, 1.82) is 0 Å². The van der Waals surface area contributed by atoms with Gasteiger partial charge in [0.15, 0.2) is 46.4 Å². The zero-order valence-electron chi connectivity index (χ0n) is 33.1. The van der Waals surface area contributed by atoms with Crippen LogP contribution in [0.1, 0.15) is 47.0 Å². The Morgan fingerprint density at radius 1 is 0.688 bits per heavy atom. The first-order chi connectivity index (χ1) is 30.3. The fraction of sp³-hybridized carbons (Fsp3) is 0.333. The van der Waals surface area contributed by atoms with E-state index in [0.29, 0.717) is 0 Å². The van der Waals surface area contributed by atoms with E-state index in [4.69, 9.17) is 39.0 Å². The first kappa shape index (κ1) is 43.4. The second kappa shape index (κ2) is 16.0. The molecule has 3 aliphatic rings. The number of phosphoric ester groups is 2. The molecule has 0 amide bonds. The molecule has 6 aromatic rings. The number of H-pyrrole nitrogens is 2. The highest BCUT2D eigenvalue weighted by molar-refractivity contribution is 7.47. The lowest BCUT2D eigenvalue weighted by Crippen LogP contribution is -2.39. The van der Waals surface area contributed by atoms with Gasteiger partial charge in [0, 0.05) is 22.3 Å². The molecule has 0 radical (unpaired) electrons. The van der Waals surface area contributed by atoms with Crippen molar-refractivity contribution in [3.8, 4) is 22.8 Å². The molecule has 0 bridgehead atoms. The maximum atomic E-state index is 13.7. The fourth-order valence-electron chi connectivity index (χ4n) is 7.74. The molecular weight excluding hydrogens is 890 g/mol. The van der Waals surface area contributed by atoms with E-state index in [9.17, 15) is 48.3 Å². The van der Waals surface area contributed by atoms with E-state index in [0.717, 1.165) is 9.13 Å². The van der Waals surface area contributed by atoms with Gasteiger partial charge in [0.1, 0.15) is 48.3 Å². The molecular formula is C36H36N10O16P2. The van der Waals surface area contributed by atoms with Crippen molar-refractivity contribution in [2.24, 2.45) is 0 Å². The molecule has 2 aromatic carbocycles. The zero-order chi connectivity index (χ0) is 45.6. The number of ether oxygens (including phenoxy) is 2. The normalized spacial score (nSPS) is 29.8. The number of carbonyl (C=O) groups is 2. The number of Topliss-reactive ketones (excluding diaryl/α,β-unsaturated/α-hetero) is 2. The van der Waals surface area contributed by atoms with Gasteiger partial charge >= 0.3 is 15.6 Å². The molecule has 3 aliphatic heterocycles. The second-order valence-corrected chi connectivity index (χ2v) is 17.7. The number of aliphatic hydroxyl groups is 2. The third kappa shape index (κ3) is 7.78. The first-order valence-electron chi connectivity index (χ1n) is 19.1. The van der Waals surface area contributed by atoms with E-state index in [2.05, 4.69) is 29.9 Å². The van der Waals surface area contributed by atoms with E-state index in [1.54, 1.807) is 0 Å². The minimum Gasteiger partial charge on any atom is -0.386 e. The van der Waals surface area contributed by atoms with Crippen molar-refractivity contribution in [3.63, 3.8) is 0 Å². The third-order valence-corrected chi connectivity index (χ3v) is 12.6. The summed E-state index contributed by atoms with van der Waals surface area (Å²) in [7, 11) is -10.7. The number of ketones is 2. The smallest absolute Gasteiger partial charge is 0.386 e. The number of carbonyl (C=O) groups excluding carboxylic acids is 2. The second-order valence-electron chi connectivity index (χ2n) is 14.9. The lowest BCUT2D eigenvalue weighted by atomic mass is 10.1. The average Bonchev–Trinajstić information content (AvgIpc) is 3.97. The largest absolute Gasteiger partial charge is 0.472 e. The Morgan fingerprint density at radius 3 is 1.45 bits per heavy atom. The van der Waals surface area contributed by atoms with Crippen LogP contribution in [-0.2, 0) is 36.7 Å². The molecule has 10 N–H and O–H groups in total. The Morgan fingerprint density at radius 2 is 1.08 bits per heavy atom. The summed E-state index contributed by atoms with van der Waals surface area (Å²) in [5.41, 5.74) is 10.1. The number of nitrogens with one attached hydrogen (secondary N) is 2. The third-order valence-electron chi connectivity index (χ3n) is 10.6. The summed E-state index contributed by atoms with van der Waals surface area (Å²) in [5, 5.41) is 23.7. The average molecular weight is 927 g/mol. The predicted octanol–water partition coefficient (Wildman–Crippen LogP) is 0.691. The highest BCUT2D eigenvalue weighted by Gasteiger charge is 2.54. The van der Waals surface area contributed by atoms with Crippen LogP contribution in [0.3, 0.4) is 0 Å². The molecule has 4 unspecified atom stereocenters. The van der Waals surface area contributed by atoms with Crippen molar-refractivity contribution in [1.82, 2.24) is 39.0 Å². The van der Waals surface area contributed by atoms with Gasteiger partial charge in [-0.15, -0.1) is 0 Å². The lowest BCUT2D eigenvalue weighted by Gasteiger charge is -2.27. The highest BCUT2D eigenvalue weighted by atomic mass is 31.2. The summed E-state index contributed by atoms with van der Waals surface area (Å²) in [6, 6.07) is 12.1. The van der Waals surface area contributed by atoms with E-state index in [1.807, 2.05) is 0 Å². The number of aliphatic hydroxyl groups excluding tert-OH is 2. The molecule has 336 valence electrons. The molecule has 64 heavy (non-hydrogen) atoms. The summed E-state index contributed by atoms with van der Waals surface area (Å²) >= 11 is 0. The van der Waals surface area contributed by atoms with Crippen LogP contribution in [-0.4, -0.2) is 120 Å². The van der Waals surface area contributed by atoms with Gasteiger partial charge in [0.2, 0.25) is 11.9 Å². The van der Waals surface area contributed by atoms with Gasteiger partial charge in [-0.1, -0.05) is 36.4 Å². The Hall–Kier alpha value is -5.86. The Kier molecular flexibility index (Phi) is 10.8. The molecule has 9 rings (SSSR count). The summed E-state index contributed by atoms with van der Waals surface area (Å²) in [6.07, 6.45) is -14.5. The standard InChI is InChI=1S/C36H36N10O16P2/c1-13(47)15-5-3-7-17(9-15)27-39-21-29(41-35(37)43-31(21)51)45(27)33-23(49)25-19(59-33)11-57-64(55,56)62-26-20(12-58-63(53,54)61-25)60-34(24(26)50)46-28(18-8-4-6-16(10-18)14(2)48)40-22-30(46)42-36(38)44-32(22)52/h3-10,19-20,23-26,33-34,49-50H,11-12H2,1-2H3,(H,53,54)(H,55,56)(H3,37,41,43,51)(H3,38,42,44,52)/t19-,20-,23+,24+,25?,26?,33-,34-/m1/s1. The van der Waals surface area contributed by atoms with Gasteiger partial charge in [0.05, 0.1) is 13.2 Å². The number of fused-ring (bicyclic) bond motifs is 4.